The minimum absolute atomic E-state index is 0.0818. The number of nitrogen functional groups attached to an aromatic ring is 1. The van der Waals surface area contributed by atoms with Gasteiger partial charge in [0.1, 0.15) is 6.33 Å². The van der Waals surface area contributed by atoms with Crippen LogP contribution in [0.3, 0.4) is 0 Å². The van der Waals surface area contributed by atoms with Crippen molar-refractivity contribution in [2.45, 2.75) is 4.34 Å². The summed E-state index contributed by atoms with van der Waals surface area (Å²) in [5.74, 6) is 0.0915. The van der Waals surface area contributed by atoms with Crippen molar-refractivity contribution >= 4 is 32.4 Å². The largest absolute Gasteiger partial charge is 0.374 e. The van der Waals surface area contributed by atoms with Crippen LogP contribution in [-0.4, -0.2) is 33.4 Å². The van der Waals surface area contributed by atoms with E-state index in [4.69, 9.17) is 5.73 Å². The number of aryl methyl sites for hydroxylation is 1. The maximum atomic E-state index is 11.7. The molecule has 0 aromatic carbocycles. The maximum absolute atomic E-state index is 11.7. The van der Waals surface area contributed by atoms with Crippen molar-refractivity contribution in [3.05, 3.63) is 6.33 Å². The minimum Gasteiger partial charge on any atom is -0.374 e. The molecule has 0 unspecified atom stereocenters. The molecule has 86 valence electrons. The fraction of sp³-hybridized carbons (Fsp3) is 0.200. The summed E-state index contributed by atoms with van der Waals surface area (Å²) in [6, 6.07) is 0. The number of rotatable bonds is 3. The molecule has 0 amide bonds. The van der Waals surface area contributed by atoms with Crippen LogP contribution in [0.15, 0.2) is 10.7 Å². The zero-order valence-electron chi connectivity index (χ0n) is 8.02. The lowest BCUT2D eigenvalue weighted by Crippen LogP contribution is -2.16. The molecule has 0 atom stereocenters. The quantitative estimate of drug-likeness (QED) is 0.728. The Balaban J connectivity index is 2.31. The highest BCUT2D eigenvalue weighted by Gasteiger charge is 2.21. The third-order valence-electron chi connectivity index (χ3n) is 1.59. The second kappa shape index (κ2) is 3.68. The second-order valence-corrected chi connectivity index (χ2v) is 5.58. The van der Waals surface area contributed by atoms with Crippen molar-refractivity contribution < 1.29 is 8.42 Å². The van der Waals surface area contributed by atoms with E-state index in [0.717, 1.165) is 11.3 Å². The number of anilines is 2. The fourth-order valence-corrected chi connectivity index (χ4v) is 2.70. The predicted octanol–water partition coefficient (Wildman–Crippen LogP) is -0.950. The zero-order valence-corrected chi connectivity index (χ0v) is 9.66. The number of nitrogens with two attached hydrogens (primary N) is 1. The normalized spacial score (nSPS) is 11.6. The monoisotopic (exact) mass is 261 g/mol. The Morgan fingerprint density at radius 3 is 2.75 bits per heavy atom. The van der Waals surface area contributed by atoms with Crippen molar-refractivity contribution in [1.29, 1.82) is 0 Å². The van der Waals surface area contributed by atoms with Gasteiger partial charge in [-0.15, -0.1) is 10.2 Å². The minimum atomic E-state index is -3.79. The number of hydrogen-bond donors (Lipinski definition) is 2. The van der Waals surface area contributed by atoms with E-state index in [0.29, 0.717) is 0 Å². The van der Waals surface area contributed by atoms with Gasteiger partial charge in [-0.3, -0.25) is 0 Å². The third-order valence-corrected chi connectivity index (χ3v) is 4.04. The lowest BCUT2D eigenvalue weighted by molar-refractivity contribution is 0.598. The van der Waals surface area contributed by atoms with E-state index in [1.165, 1.54) is 11.0 Å². The van der Waals surface area contributed by atoms with Gasteiger partial charge in [0.15, 0.2) is 0 Å². The highest BCUT2D eigenvalue weighted by atomic mass is 32.2. The van der Waals surface area contributed by atoms with Gasteiger partial charge in [-0.25, -0.2) is 9.40 Å². The van der Waals surface area contributed by atoms with Crippen LogP contribution in [0.2, 0.25) is 0 Å². The summed E-state index contributed by atoms with van der Waals surface area (Å²) >= 11 is 0.770. The summed E-state index contributed by atoms with van der Waals surface area (Å²) < 4.78 is 26.7. The molecule has 3 N–H and O–H groups in total. The van der Waals surface area contributed by atoms with Crippen molar-refractivity contribution in [2.24, 2.45) is 7.05 Å². The summed E-state index contributed by atoms with van der Waals surface area (Å²) in [5.41, 5.74) is 5.30. The molecule has 0 aliphatic rings. The van der Waals surface area contributed by atoms with E-state index >= 15 is 0 Å². The molecule has 9 nitrogen and oxygen atoms in total. The van der Waals surface area contributed by atoms with Gasteiger partial charge < -0.3 is 5.73 Å². The molecule has 16 heavy (non-hydrogen) atoms. The van der Waals surface area contributed by atoms with Crippen molar-refractivity contribution in [2.75, 3.05) is 10.5 Å². The van der Waals surface area contributed by atoms with Gasteiger partial charge in [0.2, 0.25) is 11.1 Å². The second-order valence-electron chi connectivity index (χ2n) is 2.72. The Hall–Kier alpha value is -1.75. The van der Waals surface area contributed by atoms with Crippen molar-refractivity contribution in [3.8, 4) is 0 Å². The topological polar surface area (TPSA) is 129 Å². The van der Waals surface area contributed by atoms with E-state index in [1.807, 2.05) is 0 Å². The summed E-state index contributed by atoms with van der Waals surface area (Å²) in [7, 11) is -2.24. The summed E-state index contributed by atoms with van der Waals surface area (Å²) in [4.78, 5) is 3.72. The fourth-order valence-electron chi connectivity index (χ4n) is 0.881. The molecular weight excluding hydrogens is 254 g/mol. The Labute approximate surface area is 94.4 Å². The van der Waals surface area contributed by atoms with Gasteiger partial charge >= 0.3 is 0 Å². The summed E-state index contributed by atoms with van der Waals surface area (Å²) in [6.45, 7) is 0. The van der Waals surface area contributed by atoms with Crippen LogP contribution >= 0.6 is 11.3 Å². The van der Waals surface area contributed by atoms with Gasteiger partial charge in [0.25, 0.3) is 14.4 Å². The molecule has 2 heterocycles. The lowest BCUT2D eigenvalue weighted by atomic mass is 11.0. The van der Waals surface area contributed by atoms with Crippen LogP contribution in [-0.2, 0) is 17.1 Å². The highest BCUT2D eigenvalue weighted by molar-refractivity contribution is 7.94. The van der Waals surface area contributed by atoms with Crippen LogP contribution in [0.1, 0.15) is 0 Å². The molecule has 0 fully saturated rings. The number of sulfonamides is 1. The van der Waals surface area contributed by atoms with Crippen molar-refractivity contribution in [3.63, 3.8) is 0 Å². The van der Waals surface area contributed by atoms with E-state index < -0.39 is 10.0 Å². The Morgan fingerprint density at radius 2 is 2.25 bits per heavy atom. The number of nitrogens with one attached hydrogen (secondary N) is 1. The van der Waals surface area contributed by atoms with E-state index in [1.54, 1.807) is 7.05 Å². The number of hydrogen-bond acceptors (Lipinski definition) is 8. The first-order valence-electron chi connectivity index (χ1n) is 3.95. The third kappa shape index (κ3) is 1.94. The lowest BCUT2D eigenvalue weighted by Gasteiger charge is -2.02. The molecule has 0 aliphatic carbocycles. The predicted molar refractivity (Wildman–Crippen MR) is 56.1 cm³/mol. The Kier molecular flexibility index (Phi) is 2.47. The standard InChI is InChI=1S/C5H7N7O2S2/c1-12-4(7-2-8-12)11-16(13,14)5-10-9-3(6)15-5/h2H,1H3,(H2,6,9)(H,7,8,11). The molecule has 2 aromatic rings. The summed E-state index contributed by atoms with van der Waals surface area (Å²) in [6.07, 6.45) is 1.23. The van der Waals surface area contributed by atoms with E-state index in [2.05, 4.69) is 25.0 Å². The van der Waals surface area contributed by atoms with Gasteiger partial charge in [-0.2, -0.15) is 18.5 Å². The first-order chi connectivity index (χ1) is 7.49. The molecule has 0 radical (unpaired) electrons. The average molecular weight is 261 g/mol. The maximum Gasteiger partial charge on any atom is 0.293 e. The smallest absolute Gasteiger partial charge is 0.293 e. The van der Waals surface area contributed by atoms with Crippen molar-refractivity contribution in [1.82, 2.24) is 25.0 Å². The number of aromatic nitrogens is 5. The molecule has 0 bridgehead atoms. The van der Waals surface area contributed by atoms with Crippen LogP contribution < -0.4 is 10.5 Å². The van der Waals surface area contributed by atoms with E-state index in [9.17, 15) is 8.42 Å². The SMILES string of the molecule is Cn1ncnc1NS(=O)(=O)c1nnc(N)s1. The molecule has 0 aliphatic heterocycles. The van der Waals surface area contributed by atoms with E-state index in [-0.39, 0.29) is 15.4 Å². The van der Waals surface area contributed by atoms with Crippen LogP contribution in [0, 0.1) is 0 Å². The zero-order chi connectivity index (χ0) is 11.8. The summed E-state index contributed by atoms with van der Waals surface area (Å²) in [5, 5.41) is 10.7. The molecular formula is C5H7N7O2S2. The average Bonchev–Trinajstić information content (AvgIpc) is 2.77. The first-order valence-corrected chi connectivity index (χ1v) is 6.25. The molecule has 2 rings (SSSR count). The van der Waals surface area contributed by atoms with Crippen LogP contribution in [0.25, 0.3) is 0 Å². The number of nitrogens with zero attached hydrogens (tertiary/aromatic N) is 5. The molecule has 2 aromatic heterocycles. The molecule has 0 spiro atoms. The molecule has 0 saturated heterocycles. The van der Waals surface area contributed by atoms with Crippen LogP contribution in [0.4, 0.5) is 11.1 Å². The molecule has 0 saturated carbocycles. The Morgan fingerprint density at radius 1 is 1.50 bits per heavy atom. The molecule has 11 heteroatoms. The van der Waals surface area contributed by atoms with Crippen LogP contribution in [0.5, 0.6) is 0 Å². The Bertz CT molecular complexity index is 600. The first kappa shape index (κ1) is 10.8. The van der Waals surface area contributed by atoms with Gasteiger partial charge in [-0.1, -0.05) is 11.3 Å². The highest BCUT2D eigenvalue weighted by Crippen LogP contribution is 2.18. The van der Waals surface area contributed by atoms with Gasteiger partial charge in [0.05, 0.1) is 0 Å². The van der Waals surface area contributed by atoms with Gasteiger partial charge in [-0.05, 0) is 0 Å². The van der Waals surface area contributed by atoms with Gasteiger partial charge in [0, 0.05) is 7.05 Å².